The minimum atomic E-state index is -3.20. The Hall–Kier alpha value is -0.940. The van der Waals surface area contributed by atoms with Gasteiger partial charge in [-0.1, -0.05) is 0 Å². The van der Waals surface area contributed by atoms with E-state index in [0.717, 1.165) is 0 Å². The van der Waals surface area contributed by atoms with Crippen LogP contribution in [0.3, 0.4) is 0 Å². The van der Waals surface area contributed by atoms with Crippen LogP contribution in [0.15, 0.2) is 23.1 Å². The molecule has 0 fully saturated rings. The Morgan fingerprint density at radius 2 is 2.27 bits per heavy atom. The van der Waals surface area contributed by atoms with Crippen molar-refractivity contribution in [3.63, 3.8) is 0 Å². The first-order valence-electron chi connectivity index (χ1n) is 4.71. The second kappa shape index (κ2) is 3.57. The topological polar surface area (TPSA) is 46.2 Å². The molecule has 82 valence electrons. The molecule has 5 heteroatoms. The van der Waals surface area contributed by atoms with E-state index in [0.29, 0.717) is 12.1 Å². The minimum Gasteiger partial charge on any atom is -0.319 e. The SMILES string of the molecule is CNCC1CS(=O)(=O)c2ccc(F)cc21. The van der Waals surface area contributed by atoms with E-state index in [-0.39, 0.29) is 22.4 Å². The fourth-order valence-electron chi connectivity index (χ4n) is 1.98. The molecule has 1 aliphatic heterocycles. The molecule has 1 aromatic carbocycles. The number of benzene rings is 1. The molecule has 0 amide bonds. The molecule has 2 rings (SSSR count). The third-order valence-electron chi connectivity index (χ3n) is 2.62. The molecule has 1 aliphatic rings. The van der Waals surface area contributed by atoms with Crippen LogP contribution in [-0.2, 0) is 9.84 Å². The van der Waals surface area contributed by atoms with E-state index in [1.807, 2.05) is 0 Å². The van der Waals surface area contributed by atoms with E-state index in [1.54, 1.807) is 7.05 Å². The van der Waals surface area contributed by atoms with Gasteiger partial charge in [-0.15, -0.1) is 0 Å². The number of sulfone groups is 1. The van der Waals surface area contributed by atoms with Gasteiger partial charge < -0.3 is 5.32 Å². The van der Waals surface area contributed by atoms with Gasteiger partial charge in [0.25, 0.3) is 0 Å². The Labute approximate surface area is 88.2 Å². The summed E-state index contributed by atoms with van der Waals surface area (Å²) in [5.41, 5.74) is 0.601. The maximum absolute atomic E-state index is 13.0. The first-order valence-corrected chi connectivity index (χ1v) is 6.36. The van der Waals surface area contributed by atoms with E-state index in [4.69, 9.17) is 0 Å². The minimum absolute atomic E-state index is 0.0760. The summed E-state index contributed by atoms with van der Waals surface area (Å²) >= 11 is 0. The summed E-state index contributed by atoms with van der Waals surface area (Å²) in [6, 6.07) is 3.87. The van der Waals surface area contributed by atoms with Crippen LogP contribution in [0.2, 0.25) is 0 Å². The van der Waals surface area contributed by atoms with Crippen LogP contribution in [0.4, 0.5) is 4.39 Å². The van der Waals surface area contributed by atoms with Crippen LogP contribution in [-0.4, -0.2) is 27.8 Å². The second-order valence-corrected chi connectivity index (χ2v) is 5.72. The van der Waals surface area contributed by atoms with Gasteiger partial charge in [0.1, 0.15) is 5.82 Å². The van der Waals surface area contributed by atoms with Crippen LogP contribution in [0.1, 0.15) is 11.5 Å². The van der Waals surface area contributed by atoms with E-state index in [1.165, 1.54) is 18.2 Å². The Morgan fingerprint density at radius 1 is 1.53 bits per heavy atom. The molecule has 1 heterocycles. The molecule has 0 radical (unpaired) electrons. The molecule has 0 saturated carbocycles. The zero-order chi connectivity index (χ0) is 11.1. The van der Waals surface area contributed by atoms with Gasteiger partial charge in [0.05, 0.1) is 10.6 Å². The molecule has 1 aromatic rings. The smallest absolute Gasteiger partial charge is 0.179 e. The van der Waals surface area contributed by atoms with Crippen molar-refractivity contribution in [3.8, 4) is 0 Å². The third-order valence-corrected chi connectivity index (χ3v) is 4.50. The quantitative estimate of drug-likeness (QED) is 0.767. The monoisotopic (exact) mass is 229 g/mol. The van der Waals surface area contributed by atoms with Crippen LogP contribution in [0, 0.1) is 5.82 Å². The number of likely N-dealkylation sites (N-methyl/N-ethyl adjacent to an activating group) is 1. The number of rotatable bonds is 2. The number of hydrogen-bond acceptors (Lipinski definition) is 3. The molecule has 0 aliphatic carbocycles. The lowest BCUT2D eigenvalue weighted by Gasteiger charge is -2.08. The summed E-state index contributed by atoms with van der Waals surface area (Å²) in [6.45, 7) is 0.551. The van der Waals surface area contributed by atoms with Crippen molar-refractivity contribution in [2.45, 2.75) is 10.8 Å². The lowest BCUT2D eigenvalue weighted by atomic mass is 10.0. The van der Waals surface area contributed by atoms with E-state index >= 15 is 0 Å². The average Bonchev–Trinajstić information content (AvgIpc) is 2.39. The highest BCUT2D eigenvalue weighted by Crippen LogP contribution is 2.34. The van der Waals surface area contributed by atoms with Gasteiger partial charge in [0.15, 0.2) is 9.84 Å². The van der Waals surface area contributed by atoms with Gasteiger partial charge in [-0.25, -0.2) is 12.8 Å². The van der Waals surface area contributed by atoms with Gasteiger partial charge in [-0.3, -0.25) is 0 Å². The van der Waals surface area contributed by atoms with Crippen molar-refractivity contribution >= 4 is 9.84 Å². The number of nitrogens with one attached hydrogen (secondary N) is 1. The summed E-state index contributed by atoms with van der Waals surface area (Å²) in [4.78, 5) is 0.282. The van der Waals surface area contributed by atoms with Crippen LogP contribution < -0.4 is 5.32 Å². The average molecular weight is 229 g/mol. The molecule has 1 atom stereocenters. The molecule has 3 nitrogen and oxygen atoms in total. The first-order chi connectivity index (χ1) is 7.04. The largest absolute Gasteiger partial charge is 0.319 e. The van der Waals surface area contributed by atoms with E-state index < -0.39 is 9.84 Å². The van der Waals surface area contributed by atoms with Gasteiger partial charge in [-0.2, -0.15) is 0 Å². The first kappa shape index (κ1) is 10.6. The molecule has 1 N–H and O–H groups in total. The third kappa shape index (κ3) is 1.77. The van der Waals surface area contributed by atoms with E-state index in [2.05, 4.69) is 5.32 Å². The van der Waals surface area contributed by atoms with Crippen molar-refractivity contribution < 1.29 is 12.8 Å². The number of halogens is 1. The highest BCUT2D eigenvalue weighted by molar-refractivity contribution is 7.91. The van der Waals surface area contributed by atoms with Gasteiger partial charge in [0, 0.05) is 12.5 Å². The predicted octanol–water partition coefficient (Wildman–Crippen LogP) is 0.916. The Balaban J connectivity index is 2.53. The maximum Gasteiger partial charge on any atom is 0.179 e. The Morgan fingerprint density at radius 3 is 2.93 bits per heavy atom. The zero-order valence-corrected chi connectivity index (χ0v) is 9.14. The fourth-order valence-corrected chi connectivity index (χ4v) is 3.85. The number of fused-ring (bicyclic) bond motifs is 1. The zero-order valence-electron chi connectivity index (χ0n) is 8.33. The predicted molar refractivity (Wildman–Crippen MR) is 55.1 cm³/mol. The normalized spacial score (nSPS) is 22.7. The van der Waals surface area contributed by atoms with Crippen molar-refractivity contribution in [1.29, 1.82) is 0 Å². The van der Waals surface area contributed by atoms with Gasteiger partial charge >= 0.3 is 0 Å². The lowest BCUT2D eigenvalue weighted by molar-refractivity contribution is 0.595. The van der Waals surface area contributed by atoms with Crippen molar-refractivity contribution in [2.24, 2.45) is 0 Å². The van der Waals surface area contributed by atoms with E-state index in [9.17, 15) is 12.8 Å². The second-order valence-electron chi connectivity index (χ2n) is 3.72. The maximum atomic E-state index is 13.0. The highest BCUT2D eigenvalue weighted by atomic mass is 32.2. The highest BCUT2D eigenvalue weighted by Gasteiger charge is 2.34. The summed E-state index contributed by atoms with van der Waals surface area (Å²) in [5.74, 6) is -0.440. The molecular weight excluding hydrogens is 217 g/mol. The van der Waals surface area contributed by atoms with Crippen molar-refractivity contribution in [2.75, 3.05) is 19.3 Å². The van der Waals surface area contributed by atoms with Crippen molar-refractivity contribution in [1.82, 2.24) is 5.32 Å². The lowest BCUT2D eigenvalue weighted by Crippen LogP contribution is -2.18. The fraction of sp³-hybridized carbons (Fsp3) is 0.400. The molecule has 0 spiro atoms. The summed E-state index contributed by atoms with van der Waals surface area (Å²) < 4.78 is 36.4. The van der Waals surface area contributed by atoms with Crippen LogP contribution in [0.5, 0.6) is 0 Å². The van der Waals surface area contributed by atoms with Crippen LogP contribution >= 0.6 is 0 Å². The number of hydrogen-bond donors (Lipinski definition) is 1. The molecule has 0 bridgehead atoms. The molecule has 0 saturated heterocycles. The molecule has 1 unspecified atom stereocenters. The van der Waals surface area contributed by atoms with Gasteiger partial charge in [0.2, 0.25) is 0 Å². The molecular formula is C10H12FNO2S. The molecule has 0 aromatic heterocycles. The standard InChI is InChI=1S/C10H12FNO2S/c1-12-5-7-6-15(13,14)10-3-2-8(11)4-9(7)10/h2-4,7,12H,5-6H2,1H3. The summed E-state index contributed by atoms with van der Waals surface area (Å²) in [5, 5.41) is 2.92. The van der Waals surface area contributed by atoms with Gasteiger partial charge in [-0.05, 0) is 30.8 Å². The van der Waals surface area contributed by atoms with Crippen LogP contribution in [0.25, 0.3) is 0 Å². The van der Waals surface area contributed by atoms with Crippen molar-refractivity contribution in [3.05, 3.63) is 29.6 Å². The Bertz CT molecular complexity index is 484. The summed E-state index contributed by atoms with van der Waals surface area (Å²) in [7, 11) is -1.45. The Kier molecular flexibility index (Phi) is 2.52. The molecule has 15 heavy (non-hydrogen) atoms. The summed E-state index contributed by atoms with van der Waals surface area (Å²) in [6.07, 6.45) is 0.